The quantitative estimate of drug-likeness (QED) is 0.761. The molecule has 1 heterocycles. The molecule has 0 aliphatic heterocycles. The van der Waals surface area contributed by atoms with Gasteiger partial charge in [-0.3, -0.25) is 9.59 Å². The van der Waals surface area contributed by atoms with E-state index in [0.717, 1.165) is 12.3 Å². The van der Waals surface area contributed by atoms with E-state index in [4.69, 9.17) is 11.6 Å². The maximum absolute atomic E-state index is 12.0. The van der Waals surface area contributed by atoms with Crippen LogP contribution in [0.2, 0.25) is 5.02 Å². The van der Waals surface area contributed by atoms with Crippen LogP contribution in [0.15, 0.2) is 12.3 Å². The van der Waals surface area contributed by atoms with Gasteiger partial charge >= 0.3 is 12.1 Å². The molecule has 1 N–H and O–H groups in total. The summed E-state index contributed by atoms with van der Waals surface area (Å²) in [4.78, 5) is 26.4. The summed E-state index contributed by atoms with van der Waals surface area (Å²) in [7, 11) is 0. The molecular formula is C13H14ClF3N2O4. The number of ether oxygens (including phenoxy) is 2. The number of alkyl halides is 3. The van der Waals surface area contributed by atoms with Crippen LogP contribution in [0.25, 0.3) is 0 Å². The largest absolute Gasteiger partial charge is 0.467 e. The Bertz CT molecular complexity index is 567. The minimum atomic E-state index is -4.52. The van der Waals surface area contributed by atoms with Gasteiger partial charge < -0.3 is 14.8 Å². The van der Waals surface area contributed by atoms with E-state index in [2.05, 4.69) is 19.8 Å². The summed E-state index contributed by atoms with van der Waals surface area (Å²) in [5.74, 6) is -1.46. The maximum atomic E-state index is 12.0. The van der Waals surface area contributed by atoms with Gasteiger partial charge in [-0.25, -0.2) is 4.98 Å². The molecule has 0 saturated carbocycles. The van der Waals surface area contributed by atoms with Gasteiger partial charge in [0.1, 0.15) is 5.02 Å². The van der Waals surface area contributed by atoms with Gasteiger partial charge in [0.25, 0.3) is 5.91 Å². The average Bonchev–Trinajstić information content (AvgIpc) is 2.45. The molecule has 0 aliphatic carbocycles. The third kappa shape index (κ3) is 7.18. The number of esters is 1. The van der Waals surface area contributed by atoms with Gasteiger partial charge in [-0.2, -0.15) is 13.2 Å². The number of amides is 1. The normalized spacial score (nSPS) is 11.0. The first-order valence-electron chi connectivity index (χ1n) is 6.52. The van der Waals surface area contributed by atoms with E-state index >= 15 is 0 Å². The van der Waals surface area contributed by atoms with Gasteiger partial charge in [-0.15, -0.1) is 0 Å². The number of carbonyl (C=O) groups excluding carboxylic acids is 2. The van der Waals surface area contributed by atoms with E-state index in [1.807, 2.05) is 0 Å². The number of pyridine rings is 1. The molecule has 6 nitrogen and oxygen atoms in total. The molecular weight excluding hydrogens is 341 g/mol. The third-order valence-electron chi connectivity index (χ3n) is 2.36. The molecule has 1 rings (SSSR count). The summed E-state index contributed by atoms with van der Waals surface area (Å²) < 4.78 is 45.2. The number of halogens is 4. The molecule has 0 bridgehead atoms. The monoisotopic (exact) mass is 354 g/mol. The predicted octanol–water partition coefficient (Wildman–Crippen LogP) is 2.36. The number of rotatable bonds is 7. The van der Waals surface area contributed by atoms with Crippen molar-refractivity contribution in [3.05, 3.63) is 22.8 Å². The Balaban J connectivity index is 2.55. The fraction of sp³-hybridized carbons (Fsp3) is 0.462. The number of hydrogen-bond donors (Lipinski definition) is 1. The fourth-order valence-corrected chi connectivity index (χ4v) is 1.64. The van der Waals surface area contributed by atoms with Gasteiger partial charge in [-0.05, 0) is 13.0 Å². The molecule has 0 unspecified atom stereocenters. The van der Waals surface area contributed by atoms with Gasteiger partial charge in [0.15, 0.2) is 6.61 Å². The topological polar surface area (TPSA) is 77.5 Å². The lowest BCUT2D eigenvalue weighted by atomic mass is 10.2. The zero-order valence-corrected chi connectivity index (χ0v) is 12.8. The second-order valence-electron chi connectivity index (χ2n) is 4.23. The number of hydrogen-bond acceptors (Lipinski definition) is 5. The molecule has 0 atom stereocenters. The van der Waals surface area contributed by atoms with E-state index in [0.29, 0.717) is 0 Å². The van der Waals surface area contributed by atoms with Crippen molar-refractivity contribution >= 4 is 23.5 Å². The number of aromatic nitrogens is 1. The molecule has 1 amide bonds. The zero-order valence-electron chi connectivity index (χ0n) is 12.1. The van der Waals surface area contributed by atoms with E-state index in [1.165, 1.54) is 0 Å². The lowest BCUT2D eigenvalue weighted by Gasteiger charge is -2.10. The lowest BCUT2D eigenvalue weighted by Crippen LogP contribution is -2.26. The van der Waals surface area contributed by atoms with Gasteiger partial charge in [0, 0.05) is 12.7 Å². The molecule has 0 saturated heterocycles. The van der Waals surface area contributed by atoms with Crippen molar-refractivity contribution in [3.8, 4) is 5.88 Å². The van der Waals surface area contributed by atoms with E-state index in [9.17, 15) is 22.8 Å². The zero-order chi connectivity index (χ0) is 17.5. The van der Waals surface area contributed by atoms with Crippen molar-refractivity contribution in [2.24, 2.45) is 0 Å². The SMILES string of the molecule is CCOC(=O)CCNC(=O)c1cnc(OCC(F)(F)F)c(Cl)c1. The van der Waals surface area contributed by atoms with Crippen LogP contribution < -0.4 is 10.1 Å². The maximum Gasteiger partial charge on any atom is 0.422 e. The van der Waals surface area contributed by atoms with Crippen molar-refractivity contribution in [3.63, 3.8) is 0 Å². The molecule has 128 valence electrons. The molecule has 0 radical (unpaired) electrons. The Kier molecular flexibility index (Phi) is 7.08. The summed E-state index contributed by atoms with van der Waals surface area (Å²) in [5, 5.41) is 2.20. The summed E-state index contributed by atoms with van der Waals surface area (Å²) in [5.41, 5.74) is 0.0261. The molecule has 1 aromatic heterocycles. The van der Waals surface area contributed by atoms with Crippen LogP contribution in [-0.4, -0.2) is 42.8 Å². The summed E-state index contributed by atoms with van der Waals surface area (Å²) >= 11 is 5.72. The van der Waals surface area contributed by atoms with Gasteiger partial charge in [-0.1, -0.05) is 11.6 Å². The average molecular weight is 355 g/mol. The summed E-state index contributed by atoms with van der Waals surface area (Å²) in [6.07, 6.45) is -3.50. The number of nitrogens with zero attached hydrogens (tertiary/aromatic N) is 1. The fourth-order valence-electron chi connectivity index (χ4n) is 1.42. The highest BCUT2D eigenvalue weighted by Crippen LogP contribution is 2.24. The van der Waals surface area contributed by atoms with Crippen molar-refractivity contribution in [1.82, 2.24) is 10.3 Å². The van der Waals surface area contributed by atoms with Crippen molar-refractivity contribution < 1.29 is 32.2 Å². The highest BCUT2D eigenvalue weighted by atomic mass is 35.5. The molecule has 1 aromatic rings. The van der Waals surface area contributed by atoms with E-state index < -0.39 is 30.5 Å². The van der Waals surface area contributed by atoms with Crippen molar-refractivity contribution in [2.45, 2.75) is 19.5 Å². The van der Waals surface area contributed by atoms with Crippen LogP contribution in [0, 0.1) is 0 Å². The van der Waals surface area contributed by atoms with Crippen molar-refractivity contribution in [1.29, 1.82) is 0 Å². The predicted molar refractivity (Wildman–Crippen MR) is 74.4 cm³/mol. The van der Waals surface area contributed by atoms with Crippen LogP contribution in [0.4, 0.5) is 13.2 Å². The summed E-state index contributed by atoms with van der Waals surface area (Å²) in [6, 6.07) is 1.12. The lowest BCUT2D eigenvalue weighted by molar-refractivity contribution is -0.154. The molecule has 0 fully saturated rings. The first kappa shape index (κ1) is 19.0. The number of nitrogens with one attached hydrogen (secondary N) is 1. The van der Waals surface area contributed by atoms with Crippen LogP contribution in [-0.2, 0) is 9.53 Å². The first-order chi connectivity index (χ1) is 10.7. The van der Waals surface area contributed by atoms with Crippen LogP contribution >= 0.6 is 11.6 Å². The highest BCUT2D eigenvalue weighted by molar-refractivity contribution is 6.32. The van der Waals surface area contributed by atoms with Gasteiger partial charge in [0.05, 0.1) is 18.6 Å². The second kappa shape index (κ2) is 8.56. The van der Waals surface area contributed by atoms with Crippen LogP contribution in [0.5, 0.6) is 5.88 Å². The molecule has 0 aromatic carbocycles. The van der Waals surface area contributed by atoms with Crippen molar-refractivity contribution in [2.75, 3.05) is 19.8 Å². The van der Waals surface area contributed by atoms with E-state index in [1.54, 1.807) is 6.92 Å². The standard InChI is InChI=1S/C13H14ClF3N2O4/c1-2-22-10(20)3-4-18-11(21)8-5-9(14)12(19-6-8)23-7-13(15,16)17/h5-6H,2-4,7H2,1H3,(H,18,21). The molecule has 23 heavy (non-hydrogen) atoms. The Morgan fingerprint density at radius 2 is 2.09 bits per heavy atom. The first-order valence-corrected chi connectivity index (χ1v) is 6.89. The Morgan fingerprint density at radius 3 is 2.65 bits per heavy atom. The Morgan fingerprint density at radius 1 is 1.39 bits per heavy atom. The third-order valence-corrected chi connectivity index (χ3v) is 2.63. The van der Waals surface area contributed by atoms with E-state index in [-0.39, 0.29) is 30.2 Å². The highest BCUT2D eigenvalue weighted by Gasteiger charge is 2.29. The minimum absolute atomic E-state index is 0.00643. The number of carbonyl (C=O) groups is 2. The van der Waals surface area contributed by atoms with Crippen LogP contribution in [0.3, 0.4) is 0 Å². The molecule has 10 heteroatoms. The summed E-state index contributed by atoms with van der Waals surface area (Å²) in [6.45, 7) is 0.407. The smallest absolute Gasteiger partial charge is 0.422 e. The Hall–Kier alpha value is -2.03. The Labute approximate surface area is 134 Å². The second-order valence-corrected chi connectivity index (χ2v) is 4.63. The molecule has 0 aliphatic rings. The van der Waals surface area contributed by atoms with Crippen LogP contribution in [0.1, 0.15) is 23.7 Å². The minimum Gasteiger partial charge on any atom is -0.467 e. The molecule has 0 spiro atoms. The van der Waals surface area contributed by atoms with Gasteiger partial charge in [0.2, 0.25) is 5.88 Å².